The Morgan fingerprint density at radius 3 is 2.42 bits per heavy atom. The molecule has 0 aromatic heterocycles. The van der Waals surface area contributed by atoms with Crippen LogP contribution in [0.1, 0.15) is 17.5 Å². The molecule has 2 aromatic carbocycles. The number of nitrogens with one attached hydrogen (secondary N) is 1. The number of carbonyl (C=O) groups is 2. The molecule has 0 saturated carbocycles. The van der Waals surface area contributed by atoms with Crippen LogP contribution in [0.5, 0.6) is 0 Å². The van der Waals surface area contributed by atoms with E-state index in [2.05, 4.69) is 5.32 Å². The SMILES string of the molecule is Nc1cccc(CNC2CC(=O)N(c3ccc(C(F)(F)F)cc3)C2=O)c1. The lowest BCUT2D eigenvalue weighted by Gasteiger charge is -2.16. The van der Waals surface area contributed by atoms with Gasteiger partial charge in [-0.2, -0.15) is 13.2 Å². The number of halogens is 3. The van der Waals surface area contributed by atoms with Gasteiger partial charge in [-0.05, 0) is 42.0 Å². The Bertz CT molecular complexity index is 834. The molecule has 8 heteroatoms. The number of hydrogen-bond acceptors (Lipinski definition) is 4. The second-order valence-electron chi connectivity index (χ2n) is 5.99. The molecule has 3 rings (SSSR count). The molecule has 136 valence electrons. The molecule has 1 aliphatic rings. The van der Waals surface area contributed by atoms with E-state index >= 15 is 0 Å². The van der Waals surface area contributed by atoms with Crippen LogP contribution in [0.2, 0.25) is 0 Å². The van der Waals surface area contributed by atoms with E-state index in [0.29, 0.717) is 12.2 Å². The first kappa shape index (κ1) is 17.9. The van der Waals surface area contributed by atoms with Crippen molar-refractivity contribution in [3.63, 3.8) is 0 Å². The Hall–Kier alpha value is -2.87. The lowest BCUT2D eigenvalue weighted by molar-refractivity contribution is -0.137. The van der Waals surface area contributed by atoms with Crippen molar-refractivity contribution in [2.45, 2.75) is 25.2 Å². The summed E-state index contributed by atoms with van der Waals surface area (Å²) in [6.07, 6.45) is -4.53. The van der Waals surface area contributed by atoms with Gasteiger partial charge in [0.2, 0.25) is 5.91 Å². The highest BCUT2D eigenvalue weighted by Gasteiger charge is 2.39. The third-order valence-corrected chi connectivity index (χ3v) is 4.10. The largest absolute Gasteiger partial charge is 0.416 e. The molecule has 1 saturated heterocycles. The molecule has 0 bridgehead atoms. The van der Waals surface area contributed by atoms with Crippen LogP contribution < -0.4 is 16.0 Å². The van der Waals surface area contributed by atoms with Crippen LogP contribution >= 0.6 is 0 Å². The molecule has 5 nitrogen and oxygen atoms in total. The predicted molar refractivity (Wildman–Crippen MR) is 90.0 cm³/mol. The number of carbonyl (C=O) groups excluding carboxylic acids is 2. The molecule has 0 spiro atoms. The Labute approximate surface area is 147 Å². The average molecular weight is 363 g/mol. The number of nitrogens with two attached hydrogens (primary N) is 1. The highest BCUT2D eigenvalue weighted by atomic mass is 19.4. The smallest absolute Gasteiger partial charge is 0.399 e. The van der Waals surface area contributed by atoms with Gasteiger partial charge in [-0.3, -0.25) is 9.59 Å². The minimum Gasteiger partial charge on any atom is -0.399 e. The number of benzene rings is 2. The monoisotopic (exact) mass is 363 g/mol. The van der Waals surface area contributed by atoms with Gasteiger partial charge in [0.1, 0.15) is 0 Å². The molecule has 0 aliphatic carbocycles. The molecule has 0 radical (unpaired) electrons. The minimum absolute atomic E-state index is 0.0534. The fraction of sp³-hybridized carbons (Fsp3) is 0.222. The zero-order valence-electron chi connectivity index (χ0n) is 13.6. The molecule has 1 aliphatic heterocycles. The molecule has 1 unspecified atom stereocenters. The van der Waals surface area contributed by atoms with Crippen LogP contribution in [-0.2, 0) is 22.3 Å². The number of amides is 2. The van der Waals surface area contributed by atoms with Crippen molar-refractivity contribution < 1.29 is 22.8 Å². The summed E-state index contributed by atoms with van der Waals surface area (Å²) in [6.45, 7) is 0.343. The fourth-order valence-electron chi connectivity index (χ4n) is 2.81. The van der Waals surface area contributed by atoms with Gasteiger partial charge in [0.25, 0.3) is 5.91 Å². The van der Waals surface area contributed by atoms with Crippen molar-refractivity contribution in [2.75, 3.05) is 10.6 Å². The Morgan fingerprint density at radius 1 is 1.12 bits per heavy atom. The first-order valence-corrected chi connectivity index (χ1v) is 7.87. The molecule has 3 N–H and O–H groups in total. The summed E-state index contributed by atoms with van der Waals surface area (Å²) in [4.78, 5) is 25.6. The van der Waals surface area contributed by atoms with Crippen molar-refractivity contribution in [1.29, 1.82) is 0 Å². The van der Waals surface area contributed by atoms with Crippen molar-refractivity contribution in [2.24, 2.45) is 0 Å². The van der Waals surface area contributed by atoms with E-state index in [4.69, 9.17) is 5.73 Å². The highest BCUT2D eigenvalue weighted by Crippen LogP contribution is 2.31. The van der Waals surface area contributed by atoms with Gasteiger partial charge < -0.3 is 11.1 Å². The van der Waals surface area contributed by atoms with Gasteiger partial charge in [-0.1, -0.05) is 12.1 Å². The number of imide groups is 1. The number of anilines is 2. The maximum absolute atomic E-state index is 12.6. The van der Waals surface area contributed by atoms with Gasteiger partial charge in [-0.15, -0.1) is 0 Å². The lowest BCUT2D eigenvalue weighted by atomic mass is 10.1. The number of nitrogens with zero attached hydrogens (tertiary/aromatic N) is 1. The van der Waals surface area contributed by atoms with Crippen LogP contribution in [0.25, 0.3) is 0 Å². The maximum Gasteiger partial charge on any atom is 0.416 e. The van der Waals surface area contributed by atoms with Crippen LogP contribution in [0, 0.1) is 0 Å². The quantitative estimate of drug-likeness (QED) is 0.647. The zero-order chi connectivity index (χ0) is 18.9. The first-order chi connectivity index (χ1) is 12.3. The minimum atomic E-state index is -4.47. The van der Waals surface area contributed by atoms with Gasteiger partial charge in [0.15, 0.2) is 0 Å². The van der Waals surface area contributed by atoms with E-state index in [1.165, 1.54) is 0 Å². The fourth-order valence-corrected chi connectivity index (χ4v) is 2.81. The van der Waals surface area contributed by atoms with E-state index in [1.807, 2.05) is 6.07 Å². The summed E-state index contributed by atoms with van der Waals surface area (Å²) >= 11 is 0. The van der Waals surface area contributed by atoms with Crippen LogP contribution in [0.4, 0.5) is 24.5 Å². The number of alkyl halides is 3. The summed E-state index contributed by atoms with van der Waals surface area (Å²) in [5, 5.41) is 2.99. The lowest BCUT2D eigenvalue weighted by Crippen LogP contribution is -2.38. The predicted octanol–water partition coefficient (Wildman–Crippen LogP) is 2.71. The summed E-state index contributed by atoms with van der Waals surface area (Å²) < 4.78 is 37.9. The number of hydrogen-bond donors (Lipinski definition) is 2. The van der Waals surface area contributed by atoms with Crippen LogP contribution in [0.15, 0.2) is 48.5 Å². The van der Waals surface area contributed by atoms with Gasteiger partial charge in [0, 0.05) is 12.2 Å². The standard InChI is InChI=1S/C18H16F3N3O2/c19-18(20,21)12-4-6-14(7-5-12)24-16(25)9-15(17(24)26)23-10-11-2-1-3-13(22)8-11/h1-8,15,23H,9-10,22H2. The van der Waals surface area contributed by atoms with Crippen molar-refractivity contribution in [1.82, 2.24) is 5.32 Å². The Balaban J connectivity index is 1.70. The average Bonchev–Trinajstić information content (AvgIpc) is 2.86. The molecular weight excluding hydrogens is 347 g/mol. The summed E-state index contributed by atoms with van der Waals surface area (Å²) in [6, 6.07) is 10.3. The maximum atomic E-state index is 12.6. The third kappa shape index (κ3) is 3.70. The van der Waals surface area contributed by atoms with Crippen molar-refractivity contribution >= 4 is 23.2 Å². The molecule has 1 fully saturated rings. The van der Waals surface area contributed by atoms with Crippen molar-refractivity contribution in [3.05, 3.63) is 59.7 Å². The van der Waals surface area contributed by atoms with Crippen LogP contribution in [0.3, 0.4) is 0 Å². The third-order valence-electron chi connectivity index (χ3n) is 4.10. The molecule has 26 heavy (non-hydrogen) atoms. The van der Waals surface area contributed by atoms with Gasteiger partial charge in [0.05, 0.1) is 23.7 Å². The molecule has 2 aromatic rings. The number of nitrogen functional groups attached to an aromatic ring is 1. The molecule has 1 heterocycles. The van der Waals surface area contributed by atoms with Gasteiger partial charge >= 0.3 is 6.18 Å². The second-order valence-corrected chi connectivity index (χ2v) is 5.99. The highest BCUT2D eigenvalue weighted by molar-refractivity contribution is 6.22. The van der Waals surface area contributed by atoms with E-state index in [0.717, 1.165) is 34.7 Å². The first-order valence-electron chi connectivity index (χ1n) is 7.87. The van der Waals surface area contributed by atoms with Crippen LogP contribution in [-0.4, -0.2) is 17.9 Å². The van der Waals surface area contributed by atoms with Gasteiger partial charge in [-0.25, -0.2) is 4.90 Å². The summed E-state index contributed by atoms with van der Waals surface area (Å²) in [5.74, 6) is -0.946. The van der Waals surface area contributed by atoms with E-state index < -0.39 is 29.6 Å². The Kier molecular flexibility index (Phi) is 4.69. The summed E-state index contributed by atoms with van der Waals surface area (Å²) in [5.41, 5.74) is 6.43. The van der Waals surface area contributed by atoms with Crippen molar-refractivity contribution in [3.8, 4) is 0 Å². The Morgan fingerprint density at radius 2 is 1.81 bits per heavy atom. The summed E-state index contributed by atoms with van der Waals surface area (Å²) in [7, 11) is 0. The normalized spacial score (nSPS) is 17.8. The van der Waals surface area contributed by atoms with E-state index in [9.17, 15) is 22.8 Å². The van der Waals surface area contributed by atoms with E-state index in [-0.39, 0.29) is 12.1 Å². The van der Waals surface area contributed by atoms with E-state index in [1.54, 1.807) is 18.2 Å². The number of rotatable bonds is 4. The molecular formula is C18H16F3N3O2. The second kappa shape index (κ2) is 6.80. The topological polar surface area (TPSA) is 75.4 Å². The molecule has 2 amide bonds. The molecule has 1 atom stereocenters. The zero-order valence-corrected chi connectivity index (χ0v) is 13.6.